The van der Waals surface area contributed by atoms with Crippen LogP contribution < -0.4 is 15.5 Å². The van der Waals surface area contributed by atoms with E-state index in [0.717, 1.165) is 54.1 Å². The fourth-order valence-corrected chi connectivity index (χ4v) is 10.2. The first-order valence-corrected chi connectivity index (χ1v) is 21.2. The summed E-state index contributed by atoms with van der Waals surface area (Å²) < 4.78 is 2.51. The minimum absolute atomic E-state index is 0.00839. The van der Waals surface area contributed by atoms with Gasteiger partial charge >= 0.3 is 0 Å². The van der Waals surface area contributed by atoms with Gasteiger partial charge in [0.25, 0.3) is 0 Å². The topological polar surface area (TPSA) is 39.7 Å². The van der Waals surface area contributed by atoms with Crippen molar-refractivity contribution in [3.63, 3.8) is 0 Å². The van der Waals surface area contributed by atoms with Crippen molar-refractivity contribution in [3.05, 3.63) is 199 Å². The molecule has 0 fully saturated rings. The molecular formula is C53H42N4S. The maximum Gasteiger partial charge on any atom is 0.132 e. The minimum atomic E-state index is -0.128. The van der Waals surface area contributed by atoms with Gasteiger partial charge in [-0.3, -0.25) is 5.32 Å². The highest BCUT2D eigenvalue weighted by atomic mass is 32.1. The summed E-state index contributed by atoms with van der Waals surface area (Å²) in [5, 5.41) is 15.2. The zero-order valence-electron chi connectivity index (χ0n) is 32.1. The van der Waals surface area contributed by atoms with Crippen molar-refractivity contribution < 1.29 is 0 Å². The van der Waals surface area contributed by atoms with E-state index in [4.69, 9.17) is 4.99 Å². The second-order valence-corrected chi connectivity index (χ2v) is 16.4. The Morgan fingerprint density at radius 3 is 2.24 bits per heavy atom. The van der Waals surface area contributed by atoms with Gasteiger partial charge in [0.05, 0.1) is 10.4 Å². The fraction of sp³-hybridized carbons (Fsp3) is 0.113. The lowest BCUT2D eigenvalue weighted by atomic mass is 9.96. The molecule has 0 bridgehead atoms. The molecule has 2 unspecified atom stereocenters. The Hall–Kier alpha value is -6.53. The number of anilines is 3. The monoisotopic (exact) mass is 766 g/mol. The molecule has 1 aromatic heterocycles. The molecule has 7 aromatic carbocycles. The zero-order valence-corrected chi connectivity index (χ0v) is 32.9. The lowest BCUT2D eigenvalue weighted by Crippen LogP contribution is -2.55. The van der Waals surface area contributed by atoms with Crippen molar-refractivity contribution in [1.82, 2.24) is 10.6 Å². The number of nitrogens with one attached hydrogen (secondary N) is 2. The average Bonchev–Trinajstić information content (AvgIpc) is 3.69. The standard InChI is InChI=1S/C53H42N4S/c1-4-15-35(16-5-1)37-27-30-41(31-28-37)57(42-32-29-36-17-10-11-22-40(36)33-42)47-26-14-25-45-49-44-24-13-12-23-43(44)46(34-48(49)58-50(45)47)53-55-51(38-18-6-2-7-19-38)54-52(56-53)39-20-8-3-9-21-39/h1-2,4-6,8,10-18,20-34,51-52,54H,3,7,9,19H2,(H,55,56). The highest BCUT2D eigenvalue weighted by Crippen LogP contribution is 2.47. The van der Waals surface area contributed by atoms with Crippen molar-refractivity contribution >= 4 is 76.0 Å². The van der Waals surface area contributed by atoms with Crippen molar-refractivity contribution in [2.24, 2.45) is 4.99 Å². The summed E-state index contributed by atoms with van der Waals surface area (Å²) in [5.74, 6) is 0.941. The third kappa shape index (κ3) is 6.24. The molecule has 0 spiro atoms. The molecule has 11 rings (SSSR count). The summed E-state index contributed by atoms with van der Waals surface area (Å²) in [6.45, 7) is 0. The number of nitrogens with zero attached hydrogens (tertiary/aromatic N) is 2. The summed E-state index contributed by atoms with van der Waals surface area (Å²) in [6, 6.07) is 53.2. The maximum absolute atomic E-state index is 5.44. The third-order valence-electron chi connectivity index (χ3n) is 11.8. The Bertz CT molecular complexity index is 3020. The molecule has 2 N–H and O–H groups in total. The van der Waals surface area contributed by atoms with Crippen LogP contribution in [0.4, 0.5) is 17.1 Å². The molecule has 280 valence electrons. The molecular weight excluding hydrogens is 725 g/mol. The van der Waals surface area contributed by atoms with Crippen LogP contribution in [0.15, 0.2) is 198 Å². The van der Waals surface area contributed by atoms with Gasteiger partial charge in [-0.15, -0.1) is 11.3 Å². The number of aliphatic imine (C=N–C) groups is 1. The summed E-state index contributed by atoms with van der Waals surface area (Å²) in [7, 11) is 0. The van der Waals surface area contributed by atoms with E-state index in [-0.39, 0.29) is 12.3 Å². The molecule has 0 amide bonds. The van der Waals surface area contributed by atoms with Gasteiger partial charge in [0.1, 0.15) is 18.2 Å². The predicted molar refractivity (Wildman–Crippen MR) is 248 cm³/mol. The van der Waals surface area contributed by atoms with Crippen LogP contribution in [0.2, 0.25) is 0 Å². The Labute approximate surface area is 342 Å². The maximum atomic E-state index is 5.44. The number of amidine groups is 1. The lowest BCUT2D eigenvalue weighted by molar-refractivity contribution is 0.454. The van der Waals surface area contributed by atoms with Crippen LogP contribution in [0.5, 0.6) is 0 Å². The van der Waals surface area contributed by atoms with E-state index in [0.29, 0.717) is 0 Å². The van der Waals surface area contributed by atoms with E-state index < -0.39 is 0 Å². The molecule has 2 heterocycles. The smallest absolute Gasteiger partial charge is 0.132 e. The van der Waals surface area contributed by atoms with Gasteiger partial charge in [-0.05, 0) is 106 Å². The van der Waals surface area contributed by atoms with Gasteiger partial charge in [0, 0.05) is 32.4 Å². The number of rotatable bonds is 7. The first kappa shape index (κ1) is 34.7. The SMILES string of the molecule is C1=CCCC(C2NC(c3cc4sc5c(N(c6ccc(-c7ccccc7)cc6)c6ccc7ccccc7c6)cccc5c4c4ccccc34)=NC(C3=CCCC=C3)N2)=C1. The molecule has 58 heavy (non-hydrogen) atoms. The van der Waals surface area contributed by atoms with Crippen LogP contribution in [0.3, 0.4) is 0 Å². The van der Waals surface area contributed by atoms with Crippen LogP contribution in [0.25, 0.3) is 52.8 Å². The van der Waals surface area contributed by atoms with Crippen LogP contribution >= 0.6 is 11.3 Å². The molecule has 0 saturated carbocycles. The Kier molecular flexibility index (Phi) is 8.83. The van der Waals surface area contributed by atoms with E-state index in [2.05, 4.69) is 198 Å². The third-order valence-corrected chi connectivity index (χ3v) is 13.0. The second kappa shape index (κ2) is 14.8. The number of thiophene rings is 1. The van der Waals surface area contributed by atoms with Gasteiger partial charge in [0.2, 0.25) is 0 Å². The van der Waals surface area contributed by atoms with Crippen molar-refractivity contribution in [2.75, 3.05) is 4.90 Å². The van der Waals surface area contributed by atoms with E-state index in [1.165, 1.54) is 64.0 Å². The van der Waals surface area contributed by atoms with E-state index in [1.54, 1.807) is 0 Å². The largest absolute Gasteiger partial charge is 0.351 e. The molecule has 0 saturated heterocycles. The molecule has 2 atom stereocenters. The van der Waals surface area contributed by atoms with Crippen LogP contribution in [0.1, 0.15) is 31.2 Å². The van der Waals surface area contributed by atoms with Gasteiger partial charge in [-0.1, -0.05) is 146 Å². The highest BCUT2D eigenvalue weighted by Gasteiger charge is 2.29. The number of allylic oxidation sites excluding steroid dienone is 5. The second-order valence-electron chi connectivity index (χ2n) is 15.4. The summed E-state index contributed by atoms with van der Waals surface area (Å²) in [4.78, 5) is 7.87. The molecule has 2 aliphatic carbocycles. The molecule has 8 aromatic rings. The normalized spacial score (nSPS) is 18.0. The van der Waals surface area contributed by atoms with Crippen molar-refractivity contribution in [1.29, 1.82) is 0 Å². The number of hydrogen-bond donors (Lipinski definition) is 2. The quantitative estimate of drug-likeness (QED) is 0.170. The number of fused-ring (bicyclic) bond motifs is 6. The Morgan fingerprint density at radius 2 is 1.41 bits per heavy atom. The van der Waals surface area contributed by atoms with Gasteiger partial charge in [0.15, 0.2) is 0 Å². The first-order valence-electron chi connectivity index (χ1n) is 20.4. The van der Waals surface area contributed by atoms with E-state index in [9.17, 15) is 0 Å². The molecule has 1 aliphatic heterocycles. The minimum Gasteiger partial charge on any atom is -0.351 e. The summed E-state index contributed by atoms with van der Waals surface area (Å²) in [5.41, 5.74) is 9.57. The fourth-order valence-electron chi connectivity index (χ4n) is 8.95. The number of benzene rings is 7. The Morgan fingerprint density at radius 1 is 0.638 bits per heavy atom. The zero-order chi connectivity index (χ0) is 38.4. The lowest BCUT2D eigenvalue weighted by Gasteiger charge is -2.34. The van der Waals surface area contributed by atoms with Gasteiger partial charge in [-0.2, -0.15) is 0 Å². The average molecular weight is 767 g/mol. The summed E-state index contributed by atoms with van der Waals surface area (Å²) in [6.07, 6.45) is 17.7. The van der Waals surface area contributed by atoms with Crippen LogP contribution in [-0.4, -0.2) is 18.2 Å². The van der Waals surface area contributed by atoms with Crippen molar-refractivity contribution in [2.45, 2.75) is 38.0 Å². The molecule has 3 aliphatic rings. The van der Waals surface area contributed by atoms with Crippen molar-refractivity contribution in [3.8, 4) is 11.1 Å². The highest BCUT2D eigenvalue weighted by molar-refractivity contribution is 7.26. The van der Waals surface area contributed by atoms with Crippen LogP contribution in [-0.2, 0) is 0 Å². The Balaban J connectivity index is 1.09. The van der Waals surface area contributed by atoms with Gasteiger partial charge in [-0.25, -0.2) is 4.99 Å². The van der Waals surface area contributed by atoms with Crippen LogP contribution in [0, 0.1) is 0 Å². The number of hydrogen-bond acceptors (Lipinski definition) is 5. The van der Waals surface area contributed by atoms with E-state index in [1.807, 2.05) is 11.3 Å². The molecule has 0 radical (unpaired) electrons. The van der Waals surface area contributed by atoms with E-state index >= 15 is 0 Å². The molecule has 5 heteroatoms. The first-order chi connectivity index (χ1) is 28.7. The molecule has 4 nitrogen and oxygen atoms in total. The van der Waals surface area contributed by atoms with Gasteiger partial charge < -0.3 is 10.2 Å². The predicted octanol–water partition coefficient (Wildman–Crippen LogP) is 13.6. The summed E-state index contributed by atoms with van der Waals surface area (Å²) >= 11 is 1.88.